The summed E-state index contributed by atoms with van der Waals surface area (Å²) in [4.78, 5) is 10.9. The van der Waals surface area contributed by atoms with E-state index in [1.165, 1.54) is 37.7 Å². The van der Waals surface area contributed by atoms with Gasteiger partial charge in [-0.1, -0.05) is 19.3 Å². The highest BCUT2D eigenvalue weighted by molar-refractivity contribution is 5.86. The van der Waals surface area contributed by atoms with Crippen LogP contribution in [0.15, 0.2) is 12.3 Å². The van der Waals surface area contributed by atoms with E-state index in [4.69, 9.17) is 5.11 Å². The Kier molecular flexibility index (Phi) is 2.80. The van der Waals surface area contributed by atoms with E-state index in [9.17, 15) is 4.79 Å². The van der Waals surface area contributed by atoms with E-state index < -0.39 is 5.97 Å². The van der Waals surface area contributed by atoms with Crippen molar-refractivity contribution in [2.24, 2.45) is 7.05 Å². The van der Waals surface area contributed by atoms with Gasteiger partial charge in [0.05, 0.1) is 0 Å². The Morgan fingerprint density at radius 2 is 2.07 bits per heavy atom. The van der Waals surface area contributed by atoms with Gasteiger partial charge in [0.2, 0.25) is 0 Å². The van der Waals surface area contributed by atoms with Crippen LogP contribution in [0.1, 0.15) is 54.1 Å². The van der Waals surface area contributed by atoms with Gasteiger partial charge in [-0.05, 0) is 30.4 Å². The van der Waals surface area contributed by atoms with Gasteiger partial charge in [-0.15, -0.1) is 0 Å². The first-order valence-corrected chi connectivity index (χ1v) is 5.58. The molecule has 1 saturated carbocycles. The number of rotatable bonds is 2. The molecular formula is C12H17NO2. The lowest BCUT2D eigenvalue weighted by Gasteiger charge is -2.20. The molecule has 1 aliphatic rings. The number of aromatic nitrogens is 1. The predicted octanol–water partition coefficient (Wildman–Crippen LogP) is 2.77. The average Bonchev–Trinajstić information content (AvgIpc) is 2.62. The molecule has 0 saturated heterocycles. The van der Waals surface area contributed by atoms with Crippen molar-refractivity contribution in [2.45, 2.75) is 38.0 Å². The van der Waals surface area contributed by atoms with Crippen molar-refractivity contribution in [1.29, 1.82) is 0 Å². The highest BCUT2D eigenvalue weighted by Crippen LogP contribution is 2.33. The quantitative estimate of drug-likeness (QED) is 0.810. The molecule has 0 aromatic carbocycles. The molecule has 15 heavy (non-hydrogen) atoms. The van der Waals surface area contributed by atoms with Gasteiger partial charge in [-0.2, -0.15) is 0 Å². The molecule has 0 unspecified atom stereocenters. The van der Waals surface area contributed by atoms with Crippen LogP contribution in [0.4, 0.5) is 0 Å². The Labute approximate surface area is 89.7 Å². The number of aromatic carboxylic acids is 1. The minimum atomic E-state index is -0.834. The van der Waals surface area contributed by atoms with Gasteiger partial charge in [0.15, 0.2) is 0 Å². The summed E-state index contributed by atoms with van der Waals surface area (Å²) in [5.41, 5.74) is 1.60. The molecular weight excluding hydrogens is 190 g/mol. The lowest BCUT2D eigenvalue weighted by atomic mass is 9.85. The molecule has 3 heteroatoms. The zero-order chi connectivity index (χ0) is 10.8. The van der Waals surface area contributed by atoms with Crippen LogP contribution in [0, 0.1) is 0 Å². The predicted molar refractivity (Wildman–Crippen MR) is 58.2 cm³/mol. The van der Waals surface area contributed by atoms with Crippen LogP contribution in [0.5, 0.6) is 0 Å². The van der Waals surface area contributed by atoms with E-state index in [2.05, 4.69) is 0 Å². The zero-order valence-corrected chi connectivity index (χ0v) is 9.07. The van der Waals surface area contributed by atoms with Crippen LogP contribution in [-0.4, -0.2) is 15.6 Å². The molecule has 1 fully saturated rings. The minimum absolute atomic E-state index is 0.399. The number of carbonyl (C=O) groups is 1. The van der Waals surface area contributed by atoms with Gasteiger partial charge in [-0.3, -0.25) is 0 Å². The highest BCUT2D eigenvalue weighted by atomic mass is 16.4. The number of carboxylic acids is 1. The molecule has 1 N–H and O–H groups in total. The Balaban J connectivity index is 2.21. The maximum atomic E-state index is 10.9. The number of aryl methyl sites for hydroxylation is 1. The highest BCUT2D eigenvalue weighted by Gasteiger charge is 2.19. The topological polar surface area (TPSA) is 42.2 Å². The fourth-order valence-corrected chi connectivity index (χ4v) is 2.46. The summed E-state index contributed by atoms with van der Waals surface area (Å²) in [5, 5.41) is 8.96. The van der Waals surface area contributed by atoms with Crippen molar-refractivity contribution >= 4 is 5.97 Å². The second-order valence-electron chi connectivity index (χ2n) is 4.41. The second kappa shape index (κ2) is 4.09. The van der Waals surface area contributed by atoms with Gasteiger partial charge in [0, 0.05) is 13.2 Å². The molecule has 0 amide bonds. The molecule has 0 aliphatic heterocycles. The first kappa shape index (κ1) is 10.3. The molecule has 0 atom stereocenters. The van der Waals surface area contributed by atoms with E-state index in [1.807, 2.05) is 12.3 Å². The summed E-state index contributed by atoms with van der Waals surface area (Å²) in [6.07, 6.45) is 8.28. The van der Waals surface area contributed by atoms with E-state index in [0.717, 1.165) is 0 Å². The summed E-state index contributed by atoms with van der Waals surface area (Å²) in [5.74, 6) is -0.252. The Bertz CT molecular complexity index is 362. The monoisotopic (exact) mass is 207 g/mol. The van der Waals surface area contributed by atoms with Crippen LogP contribution >= 0.6 is 0 Å². The van der Waals surface area contributed by atoms with Gasteiger partial charge in [0.1, 0.15) is 5.69 Å². The van der Waals surface area contributed by atoms with E-state index in [1.54, 1.807) is 11.6 Å². The lowest BCUT2D eigenvalue weighted by Crippen LogP contribution is -2.03. The van der Waals surface area contributed by atoms with Gasteiger partial charge >= 0.3 is 5.97 Å². The van der Waals surface area contributed by atoms with Gasteiger partial charge < -0.3 is 9.67 Å². The van der Waals surface area contributed by atoms with Gasteiger partial charge in [0.25, 0.3) is 0 Å². The van der Waals surface area contributed by atoms with Crippen molar-refractivity contribution in [3.05, 3.63) is 23.5 Å². The Morgan fingerprint density at radius 3 is 2.60 bits per heavy atom. The summed E-state index contributed by atoms with van der Waals surface area (Å²) >= 11 is 0. The summed E-state index contributed by atoms with van der Waals surface area (Å²) in [7, 11) is 1.80. The van der Waals surface area contributed by atoms with Crippen molar-refractivity contribution < 1.29 is 9.90 Å². The molecule has 0 bridgehead atoms. The van der Waals surface area contributed by atoms with E-state index >= 15 is 0 Å². The largest absolute Gasteiger partial charge is 0.477 e. The third kappa shape index (κ3) is 2.06. The van der Waals surface area contributed by atoms with Crippen LogP contribution in [0.2, 0.25) is 0 Å². The van der Waals surface area contributed by atoms with Crippen LogP contribution < -0.4 is 0 Å². The smallest absolute Gasteiger partial charge is 0.352 e. The van der Waals surface area contributed by atoms with Crippen molar-refractivity contribution in [3.63, 3.8) is 0 Å². The van der Waals surface area contributed by atoms with Crippen molar-refractivity contribution in [2.75, 3.05) is 0 Å². The van der Waals surface area contributed by atoms with Crippen LogP contribution in [0.3, 0.4) is 0 Å². The number of carboxylic acid groups (broad SMARTS) is 1. The normalized spacial score (nSPS) is 17.9. The number of nitrogens with zero attached hydrogens (tertiary/aromatic N) is 1. The Hall–Kier alpha value is -1.25. The van der Waals surface area contributed by atoms with Crippen molar-refractivity contribution in [3.8, 4) is 0 Å². The SMILES string of the molecule is Cn1cc(C2CCCCC2)cc1C(=O)O. The summed E-state index contributed by atoms with van der Waals surface area (Å²) in [6.45, 7) is 0. The van der Waals surface area contributed by atoms with Crippen molar-refractivity contribution in [1.82, 2.24) is 4.57 Å². The zero-order valence-electron chi connectivity index (χ0n) is 9.07. The lowest BCUT2D eigenvalue weighted by molar-refractivity contribution is 0.0686. The number of hydrogen-bond acceptors (Lipinski definition) is 1. The molecule has 3 nitrogen and oxygen atoms in total. The maximum absolute atomic E-state index is 10.9. The molecule has 1 aliphatic carbocycles. The molecule has 82 valence electrons. The first-order valence-electron chi connectivity index (χ1n) is 5.58. The fourth-order valence-electron chi connectivity index (χ4n) is 2.46. The third-order valence-electron chi connectivity index (χ3n) is 3.32. The molecule has 1 heterocycles. The standard InChI is InChI=1S/C12H17NO2/c1-13-8-10(7-11(13)12(14)15)9-5-3-2-4-6-9/h7-9H,2-6H2,1H3,(H,14,15). The molecule has 1 aromatic rings. The van der Waals surface area contributed by atoms with E-state index in [0.29, 0.717) is 11.6 Å². The second-order valence-corrected chi connectivity index (χ2v) is 4.41. The molecule has 2 rings (SSSR count). The van der Waals surface area contributed by atoms with Crippen LogP contribution in [0.25, 0.3) is 0 Å². The van der Waals surface area contributed by atoms with Gasteiger partial charge in [-0.25, -0.2) is 4.79 Å². The molecule has 0 radical (unpaired) electrons. The fraction of sp³-hybridized carbons (Fsp3) is 0.583. The molecule has 0 spiro atoms. The third-order valence-corrected chi connectivity index (χ3v) is 3.32. The first-order chi connectivity index (χ1) is 7.18. The van der Waals surface area contributed by atoms with E-state index in [-0.39, 0.29) is 0 Å². The maximum Gasteiger partial charge on any atom is 0.352 e. The minimum Gasteiger partial charge on any atom is -0.477 e. The Morgan fingerprint density at radius 1 is 1.40 bits per heavy atom. The van der Waals surface area contributed by atoms with Crippen LogP contribution in [-0.2, 0) is 7.05 Å². The summed E-state index contributed by atoms with van der Waals surface area (Å²) < 4.78 is 1.71. The molecule has 1 aromatic heterocycles. The summed E-state index contributed by atoms with van der Waals surface area (Å²) in [6, 6.07) is 1.83. The number of hydrogen-bond donors (Lipinski definition) is 1. The average molecular weight is 207 g/mol.